The summed E-state index contributed by atoms with van der Waals surface area (Å²) in [5, 5.41) is 5.30. The van der Waals surface area contributed by atoms with Crippen LogP contribution in [0.3, 0.4) is 0 Å². The molecule has 1 aromatic rings. The maximum Gasteiger partial charge on any atom is 0.338 e. The first-order valence-electron chi connectivity index (χ1n) is 8.68. The highest BCUT2D eigenvalue weighted by atomic mass is 19.1. The van der Waals surface area contributed by atoms with Crippen molar-refractivity contribution in [2.45, 2.75) is 51.7 Å². The van der Waals surface area contributed by atoms with Crippen LogP contribution in [0.15, 0.2) is 35.5 Å². The van der Waals surface area contributed by atoms with Crippen molar-refractivity contribution >= 4 is 12.0 Å². The van der Waals surface area contributed by atoms with E-state index in [1.807, 2.05) is 0 Å². The molecule has 1 fully saturated rings. The number of benzene rings is 1. The zero-order valence-corrected chi connectivity index (χ0v) is 14.5. The first-order chi connectivity index (χ1) is 11.9. The minimum absolute atomic E-state index is 0.109. The van der Waals surface area contributed by atoms with E-state index in [9.17, 15) is 14.0 Å². The van der Waals surface area contributed by atoms with E-state index in [2.05, 4.69) is 17.6 Å². The lowest BCUT2D eigenvalue weighted by Crippen LogP contribution is -2.45. The number of hydrogen-bond acceptors (Lipinski definition) is 3. The fourth-order valence-corrected chi connectivity index (χ4v) is 3.60. The number of rotatable bonds is 3. The highest BCUT2D eigenvalue weighted by Gasteiger charge is 2.34. The molecule has 0 unspecified atom stereocenters. The Morgan fingerprint density at radius 2 is 2.12 bits per heavy atom. The predicted octanol–water partition coefficient (Wildman–Crippen LogP) is 3.58. The number of halogens is 1. The van der Waals surface area contributed by atoms with E-state index >= 15 is 0 Å². The quantitative estimate of drug-likeness (QED) is 0.822. The standard InChI is InChI=1S/C19H23FN2O3/c1-11-5-3-8-15(9-11)25-18(23)16-12(2)21-19(24)22-17(16)13-6-4-7-14(20)10-13/h4,6-7,10-11,15,17H,3,5,8-9H2,1-2H3,(H2,21,22,24)/t11-,15-,17+/m1/s1. The number of urea groups is 1. The Kier molecular flexibility index (Phi) is 5.06. The van der Waals surface area contributed by atoms with Crippen LogP contribution in [0.5, 0.6) is 0 Å². The van der Waals surface area contributed by atoms with Crippen LogP contribution in [0, 0.1) is 11.7 Å². The average molecular weight is 346 g/mol. The van der Waals surface area contributed by atoms with Crippen molar-refractivity contribution in [2.75, 3.05) is 0 Å². The lowest BCUT2D eigenvalue weighted by molar-refractivity contribution is -0.146. The molecular weight excluding hydrogens is 323 g/mol. The summed E-state index contributed by atoms with van der Waals surface area (Å²) in [5.41, 5.74) is 1.27. The lowest BCUT2D eigenvalue weighted by atomic mass is 9.88. The summed E-state index contributed by atoms with van der Waals surface area (Å²) in [7, 11) is 0. The van der Waals surface area contributed by atoms with Gasteiger partial charge < -0.3 is 15.4 Å². The van der Waals surface area contributed by atoms with E-state index < -0.39 is 23.9 Å². The molecule has 1 aliphatic heterocycles. The molecule has 2 aliphatic rings. The van der Waals surface area contributed by atoms with E-state index in [-0.39, 0.29) is 6.10 Å². The molecule has 5 nitrogen and oxygen atoms in total. The Bertz CT molecular complexity index is 716. The molecule has 0 bridgehead atoms. The van der Waals surface area contributed by atoms with E-state index in [1.165, 1.54) is 12.1 Å². The van der Waals surface area contributed by atoms with Gasteiger partial charge in [0.2, 0.25) is 0 Å². The zero-order valence-electron chi connectivity index (χ0n) is 14.5. The number of nitrogens with one attached hydrogen (secondary N) is 2. The maximum absolute atomic E-state index is 13.6. The van der Waals surface area contributed by atoms with Crippen molar-refractivity contribution < 1.29 is 18.7 Å². The van der Waals surface area contributed by atoms with Crippen LogP contribution >= 0.6 is 0 Å². The van der Waals surface area contributed by atoms with Gasteiger partial charge in [0, 0.05) is 5.70 Å². The largest absolute Gasteiger partial charge is 0.459 e. The van der Waals surface area contributed by atoms with Crippen LogP contribution in [0.2, 0.25) is 0 Å². The van der Waals surface area contributed by atoms with Crippen LogP contribution in [0.25, 0.3) is 0 Å². The summed E-state index contributed by atoms with van der Waals surface area (Å²) < 4.78 is 19.3. The molecule has 1 heterocycles. The smallest absolute Gasteiger partial charge is 0.338 e. The second-order valence-corrected chi connectivity index (χ2v) is 6.92. The van der Waals surface area contributed by atoms with Crippen LogP contribution in [-0.2, 0) is 9.53 Å². The highest BCUT2D eigenvalue weighted by molar-refractivity contribution is 5.95. The molecule has 3 atom stereocenters. The first-order valence-corrected chi connectivity index (χ1v) is 8.68. The van der Waals surface area contributed by atoms with Crippen molar-refractivity contribution in [3.05, 3.63) is 46.9 Å². The van der Waals surface area contributed by atoms with Crippen LogP contribution in [0.4, 0.5) is 9.18 Å². The van der Waals surface area contributed by atoms with E-state index in [1.54, 1.807) is 19.1 Å². The summed E-state index contributed by atoms with van der Waals surface area (Å²) in [6.45, 7) is 3.81. The molecule has 0 saturated heterocycles. The fourth-order valence-electron chi connectivity index (χ4n) is 3.60. The zero-order chi connectivity index (χ0) is 18.0. The Morgan fingerprint density at radius 3 is 2.84 bits per heavy atom. The Hall–Kier alpha value is -2.37. The SMILES string of the molecule is CC1=C(C(=O)O[C@@H]2CCC[C@@H](C)C2)[C@H](c2cccc(F)c2)NC(=O)N1. The fraction of sp³-hybridized carbons (Fsp3) is 0.474. The molecule has 134 valence electrons. The molecular formula is C19H23FN2O3. The normalized spacial score (nSPS) is 26.7. The van der Waals surface area contributed by atoms with E-state index in [0.717, 1.165) is 25.7 Å². The van der Waals surface area contributed by atoms with Gasteiger partial charge in [-0.15, -0.1) is 0 Å². The Morgan fingerprint density at radius 1 is 1.32 bits per heavy atom. The summed E-state index contributed by atoms with van der Waals surface area (Å²) in [4.78, 5) is 24.6. The van der Waals surface area contributed by atoms with Gasteiger partial charge in [-0.1, -0.05) is 25.5 Å². The molecule has 6 heteroatoms. The first kappa shape index (κ1) is 17.5. The number of hydrogen-bond donors (Lipinski definition) is 2. The van der Waals surface area contributed by atoms with Gasteiger partial charge in [0.15, 0.2) is 0 Å². The number of ether oxygens (including phenoxy) is 1. The Balaban J connectivity index is 1.85. The summed E-state index contributed by atoms with van der Waals surface area (Å²) in [6, 6.07) is 4.74. The number of allylic oxidation sites excluding steroid dienone is 1. The molecule has 3 rings (SSSR count). The van der Waals surface area contributed by atoms with Crippen molar-refractivity contribution in [1.82, 2.24) is 10.6 Å². The second-order valence-electron chi connectivity index (χ2n) is 6.92. The van der Waals surface area contributed by atoms with Gasteiger partial charge in [0.1, 0.15) is 11.9 Å². The minimum atomic E-state index is -0.724. The van der Waals surface area contributed by atoms with Crippen molar-refractivity contribution in [1.29, 1.82) is 0 Å². The van der Waals surface area contributed by atoms with Crippen LogP contribution < -0.4 is 10.6 Å². The third-order valence-electron chi connectivity index (χ3n) is 4.83. The molecule has 25 heavy (non-hydrogen) atoms. The van der Waals surface area contributed by atoms with Crippen molar-refractivity contribution in [3.8, 4) is 0 Å². The van der Waals surface area contributed by atoms with Gasteiger partial charge in [0.25, 0.3) is 0 Å². The van der Waals surface area contributed by atoms with Crippen molar-refractivity contribution in [3.63, 3.8) is 0 Å². The molecule has 2 amide bonds. The molecule has 1 aliphatic carbocycles. The Labute approximate surface area is 146 Å². The monoisotopic (exact) mass is 346 g/mol. The van der Waals surface area contributed by atoms with Gasteiger partial charge in [-0.3, -0.25) is 0 Å². The summed E-state index contributed by atoms with van der Waals surface area (Å²) in [6.07, 6.45) is 3.79. The van der Waals surface area contributed by atoms with Crippen LogP contribution in [-0.4, -0.2) is 18.1 Å². The van der Waals surface area contributed by atoms with Crippen LogP contribution in [0.1, 0.15) is 51.1 Å². The molecule has 0 aromatic heterocycles. The second kappa shape index (κ2) is 7.25. The molecule has 1 saturated carbocycles. The number of esters is 1. The maximum atomic E-state index is 13.6. The average Bonchev–Trinajstić information content (AvgIpc) is 2.54. The number of carbonyl (C=O) groups excluding carboxylic acids is 2. The third kappa shape index (κ3) is 4.00. The van der Waals surface area contributed by atoms with Gasteiger partial charge in [-0.2, -0.15) is 0 Å². The summed E-state index contributed by atoms with van der Waals surface area (Å²) >= 11 is 0. The molecule has 2 N–H and O–H groups in total. The van der Waals surface area contributed by atoms with Gasteiger partial charge in [-0.25, -0.2) is 14.0 Å². The van der Waals surface area contributed by atoms with Crippen molar-refractivity contribution in [2.24, 2.45) is 5.92 Å². The number of carbonyl (C=O) groups is 2. The van der Waals surface area contributed by atoms with Gasteiger partial charge >= 0.3 is 12.0 Å². The molecule has 1 aromatic carbocycles. The highest BCUT2D eigenvalue weighted by Crippen LogP contribution is 2.31. The minimum Gasteiger partial charge on any atom is -0.459 e. The lowest BCUT2D eigenvalue weighted by Gasteiger charge is -2.31. The predicted molar refractivity (Wildman–Crippen MR) is 91.0 cm³/mol. The molecule has 0 radical (unpaired) electrons. The topological polar surface area (TPSA) is 67.4 Å². The number of amides is 2. The molecule has 0 spiro atoms. The third-order valence-corrected chi connectivity index (χ3v) is 4.83. The summed E-state index contributed by atoms with van der Waals surface area (Å²) in [5.74, 6) is -0.347. The van der Waals surface area contributed by atoms with Gasteiger partial charge in [-0.05, 0) is 49.8 Å². The van der Waals surface area contributed by atoms with E-state index in [0.29, 0.717) is 22.8 Å². The van der Waals surface area contributed by atoms with Gasteiger partial charge in [0.05, 0.1) is 11.6 Å². The van der Waals surface area contributed by atoms with E-state index in [4.69, 9.17) is 4.74 Å².